The topological polar surface area (TPSA) is 24.9 Å². The summed E-state index contributed by atoms with van der Waals surface area (Å²) < 4.78 is 11.8. The smallest absolute Gasteiger partial charge is 0.122 e. The lowest BCUT2D eigenvalue weighted by Crippen LogP contribution is -2.46. The van der Waals surface area contributed by atoms with Crippen LogP contribution < -0.4 is 9.47 Å². The molecule has 3 aromatic rings. The molecular weight excluding hydrogens is 480 g/mol. The molecule has 0 unspecified atom stereocenters. The van der Waals surface area contributed by atoms with Crippen molar-refractivity contribution in [3.05, 3.63) is 94.5 Å². The van der Waals surface area contributed by atoms with E-state index in [1.165, 1.54) is 73.0 Å². The molecule has 1 spiro atoms. The molecule has 208 valence electrons. The van der Waals surface area contributed by atoms with Gasteiger partial charge >= 0.3 is 0 Å². The van der Waals surface area contributed by atoms with E-state index in [1.54, 1.807) is 7.11 Å². The maximum atomic E-state index is 6.37. The Morgan fingerprint density at radius 1 is 0.769 bits per heavy atom. The number of aryl methyl sites for hydroxylation is 3. The minimum Gasteiger partial charge on any atom is -0.497 e. The van der Waals surface area contributed by atoms with E-state index in [2.05, 4.69) is 90.4 Å². The Bertz CT molecular complexity index is 1200. The number of hydrogen-bond donors (Lipinski definition) is 0. The number of benzene rings is 3. The molecule has 0 saturated carbocycles. The van der Waals surface area contributed by atoms with Gasteiger partial charge in [0.05, 0.1) is 7.11 Å². The van der Waals surface area contributed by atoms with Gasteiger partial charge < -0.3 is 9.47 Å². The highest BCUT2D eigenvalue weighted by Gasteiger charge is 2.36. The maximum absolute atomic E-state index is 6.37. The van der Waals surface area contributed by atoms with Gasteiger partial charge in [-0.3, -0.25) is 9.80 Å². The fourth-order valence-corrected chi connectivity index (χ4v) is 6.46. The molecule has 1 fully saturated rings. The molecule has 2 aliphatic rings. The van der Waals surface area contributed by atoms with Gasteiger partial charge in [-0.2, -0.15) is 0 Å². The first-order valence-electron chi connectivity index (χ1n) is 14.9. The summed E-state index contributed by atoms with van der Waals surface area (Å²) >= 11 is 0. The summed E-state index contributed by atoms with van der Waals surface area (Å²) in [7, 11) is 1.73. The summed E-state index contributed by atoms with van der Waals surface area (Å²) in [6.45, 7) is 11.6. The second-order valence-electron chi connectivity index (χ2n) is 11.9. The van der Waals surface area contributed by atoms with Gasteiger partial charge in [0.25, 0.3) is 0 Å². The molecule has 0 radical (unpaired) electrons. The van der Waals surface area contributed by atoms with Crippen LogP contribution in [0.2, 0.25) is 0 Å². The first-order chi connectivity index (χ1) is 19.0. The van der Waals surface area contributed by atoms with E-state index < -0.39 is 0 Å². The van der Waals surface area contributed by atoms with Crippen LogP contribution in [0.4, 0.5) is 0 Å². The number of hydrogen-bond acceptors (Lipinski definition) is 4. The second kappa shape index (κ2) is 13.0. The molecular formula is C35H46N2O2. The molecule has 3 aromatic carbocycles. The highest BCUT2D eigenvalue weighted by atomic mass is 16.5. The van der Waals surface area contributed by atoms with Crippen LogP contribution in [0.3, 0.4) is 0 Å². The van der Waals surface area contributed by atoms with Gasteiger partial charge in [-0.15, -0.1) is 0 Å². The molecule has 4 nitrogen and oxygen atoms in total. The van der Waals surface area contributed by atoms with E-state index in [-0.39, 0.29) is 0 Å². The number of piperidine rings is 1. The van der Waals surface area contributed by atoms with Crippen LogP contribution in [0.15, 0.2) is 66.7 Å². The average Bonchev–Trinajstić information content (AvgIpc) is 2.95. The van der Waals surface area contributed by atoms with E-state index in [4.69, 9.17) is 9.47 Å². The minimum absolute atomic E-state index is 0.366. The zero-order valence-electron chi connectivity index (χ0n) is 24.3. The normalized spacial score (nSPS) is 18.9. The largest absolute Gasteiger partial charge is 0.497 e. The summed E-state index contributed by atoms with van der Waals surface area (Å²) in [5.41, 5.74) is 7.30. The lowest BCUT2D eigenvalue weighted by molar-refractivity contribution is 0.0410. The summed E-state index contributed by atoms with van der Waals surface area (Å²) in [6, 6.07) is 24.2. The molecule has 4 heteroatoms. The van der Waals surface area contributed by atoms with Crippen LogP contribution in [-0.4, -0.2) is 49.7 Å². The van der Waals surface area contributed by atoms with Crippen molar-refractivity contribution in [2.75, 3.05) is 39.9 Å². The average molecular weight is 527 g/mol. The highest BCUT2D eigenvalue weighted by Crippen LogP contribution is 2.39. The Labute approximate surface area is 235 Å². The van der Waals surface area contributed by atoms with Crippen LogP contribution in [0.1, 0.15) is 59.9 Å². The molecule has 0 bridgehead atoms. The maximum Gasteiger partial charge on any atom is 0.122 e. The van der Waals surface area contributed by atoms with Crippen molar-refractivity contribution in [2.24, 2.45) is 5.41 Å². The predicted molar refractivity (Wildman–Crippen MR) is 161 cm³/mol. The number of rotatable bonds is 5. The summed E-state index contributed by atoms with van der Waals surface area (Å²) in [5, 5.41) is 0. The van der Waals surface area contributed by atoms with Crippen molar-refractivity contribution < 1.29 is 9.47 Å². The fraction of sp³-hybridized carbons (Fsp3) is 0.486. The Balaban J connectivity index is 1.30. The van der Waals surface area contributed by atoms with E-state index in [1.807, 2.05) is 0 Å². The third-order valence-electron chi connectivity index (χ3n) is 9.06. The number of likely N-dealkylation sites (tertiary alicyclic amines) is 1. The number of fused-ring (bicyclic) bond motifs is 1. The lowest BCUT2D eigenvalue weighted by Gasteiger charge is -2.45. The zero-order valence-corrected chi connectivity index (χ0v) is 24.3. The van der Waals surface area contributed by atoms with Crippen LogP contribution in [0.5, 0.6) is 11.5 Å². The number of para-hydroxylation sites is 1. The van der Waals surface area contributed by atoms with E-state index in [9.17, 15) is 0 Å². The highest BCUT2D eigenvalue weighted by molar-refractivity contribution is 5.33. The Hall–Kier alpha value is -2.82. The van der Waals surface area contributed by atoms with Gasteiger partial charge in [0.1, 0.15) is 18.1 Å². The van der Waals surface area contributed by atoms with Crippen molar-refractivity contribution in [3.63, 3.8) is 0 Å². The summed E-state index contributed by atoms with van der Waals surface area (Å²) in [5.74, 6) is 1.98. The predicted octanol–water partition coefficient (Wildman–Crippen LogP) is 7.20. The zero-order chi connectivity index (χ0) is 27.1. The van der Waals surface area contributed by atoms with Gasteiger partial charge in [-0.05, 0) is 110 Å². The Morgan fingerprint density at radius 2 is 1.51 bits per heavy atom. The Kier molecular flexibility index (Phi) is 9.26. The Morgan fingerprint density at radius 3 is 2.28 bits per heavy atom. The SMILES string of the molecule is COc1ccc(CN2CCOc3ccccc3CCCCC3(CCN(Cc4ccc(C)c(C)c4)CC3)C2)cc1. The third kappa shape index (κ3) is 7.43. The van der Waals surface area contributed by atoms with Gasteiger partial charge in [-0.25, -0.2) is 0 Å². The first-order valence-corrected chi connectivity index (χ1v) is 14.9. The van der Waals surface area contributed by atoms with Gasteiger partial charge in [0, 0.05) is 26.2 Å². The summed E-state index contributed by atoms with van der Waals surface area (Å²) in [6.07, 6.45) is 7.48. The molecule has 0 atom stereocenters. The standard InChI is InChI=1S/C35H46N2O2/c1-28-11-12-31(24-29(28)2)26-36-20-18-35(19-21-36)17-7-6-9-32-8-4-5-10-34(32)39-23-22-37(27-35)25-30-13-15-33(38-3)16-14-30/h4-5,8,10-16,24H,6-7,9,17-23,25-27H2,1-3H3. The quantitative estimate of drug-likeness (QED) is 0.351. The molecule has 0 amide bonds. The van der Waals surface area contributed by atoms with Crippen LogP contribution in [0, 0.1) is 19.3 Å². The molecule has 5 rings (SSSR count). The number of ether oxygens (including phenoxy) is 2. The molecule has 2 heterocycles. The van der Waals surface area contributed by atoms with Gasteiger partial charge in [-0.1, -0.05) is 55.0 Å². The molecule has 0 aromatic heterocycles. The molecule has 0 aliphatic carbocycles. The third-order valence-corrected chi connectivity index (χ3v) is 9.06. The van der Waals surface area contributed by atoms with Crippen LogP contribution in [0.25, 0.3) is 0 Å². The van der Waals surface area contributed by atoms with Crippen molar-refractivity contribution in [1.82, 2.24) is 9.80 Å². The fourth-order valence-electron chi connectivity index (χ4n) is 6.46. The number of methoxy groups -OCH3 is 1. The monoisotopic (exact) mass is 526 g/mol. The molecule has 1 saturated heterocycles. The van der Waals surface area contributed by atoms with Crippen molar-refractivity contribution >= 4 is 0 Å². The molecule has 2 aliphatic heterocycles. The van der Waals surface area contributed by atoms with E-state index in [0.29, 0.717) is 5.41 Å². The van der Waals surface area contributed by atoms with Crippen molar-refractivity contribution in [3.8, 4) is 11.5 Å². The molecule has 39 heavy (non-hydrogen) atoms. The summed E-state index contributed by atoms with van der Waals surface area (Å²) in [4.78, 5) is 5.34. The lowest BCUT2D eigenvalue weighted by atomic mass is 9.73. The van der Waals surface area contributed by atoms with E-state index in [0.717, 1.165) is 50.7 Å². The number of nitrogens with zero attached hydrogens (tertiary/aromatic N) is 2. The van der Waals surface area contributed by atoms with Gasteiger partial charge in [0.2, 0.25) is 0 Å². The minimum atomic E-state index is 0.366. The van der Waals surface area contributed by atoms with Gasteiger partial charge in [0.15, 0.2) is 0 Å². The van der Waals surface area contributed by atoms with Crippen molar-refractivity contribution in [2.45, 2.75) is 65.5 Å². The second-order valence-corrected chi connectivity index (χ2v) is 11.9. The van der Waals surface area contributed by atoms with Crippen LogP contribution in [-0.2, 0) is 19.5 Å². The van der Waals surface area contributed by atoms with Crippen LogP contribution >= 0.6 is 0 Å². The molecule has 0 N–H and O–H groups in total. The van der Waals surface area contributed by atoms with E-state index >= 15 is 0 Å². The van der Waals surface area contributed by atoms with Crippen molar-refractivity contribution in [1.29, 1.82) is 0 Å². The first kappa shape index (κ1) is 27.7.